The molecule has 2 saturated heterocycles. The van der Waals surface area contributed by atoms with Crippen LogP contribution >= 0.6 is 11.3 Å². The van der Waals surface area contributed by atoms with Crippen LogP contribution in [0.3, 0.4) is 0 Å². The fourth-order valence-electron chi connectivity index (χ4n) is 4.23. The number of thiophene rings is 1. The number of benzene rings is 1. The summed E-state index contributed by atoms with van der Waals surface area (Å²) in [5.74, 6) is 1.73. The van der Waals surface area contributed by atoms with Crippen molar-refractivity contribution in [3.05, 3.63) is 35.2 Å². The quantitative estimate of drug-likeness (QED) is 0.858. The second-order valence-electron chi connectivity index (χ2n) is 7.50. The van der Waals surface area contributed by atoms with Gasteiger partial charge in [-0.3, -0.25) is 9.69 Å². The molecule has 0 spiro atoms. The SMILES string of the molecule is O=C(c1ccc(-c2ccc3c(c2)OCCO3)s1)N1CCC(N2CCNCC2)C1. The molecule has 7 heteroatoms. The Hall–Kier alpha value is -2.09. The second-order valence-corrected chi connectivity index (χ2v) is 8.59. The Morgan fingerprint density at radius 2 is 1.86 bits per heavy atom. The van der Waals surface area contributed by atoms with Gasteiger partial charge in [-0.2, -0.15) is 0 Å². The number of carbonyl (C=O) groups excluding carboxylic acids is 1. The Morgan fingerprint density at radius 1 is 1.04 bits per heavy atom. The lowest BCUT2D eigenvalue weighted by molar-refractivity contribution is 0.0778. The number of rotatable bonds is 3. The molecule has 2 aromatic rings. The molecular weight excluding hydrogens is 374 g/mol. The van der Waals surface area contributed by atoms with Gasteiger partial charge in [0, 0.05) is 50.2 Å². The summed E-state index contributed by atoms with van der Waals surface area (Å²) in [6.45, 7) is 7.13. The molecule has 0 radical (unpaired) electrons. The summed E-state index contributed by atoms with van der Waals surface area (Å²) < 4.78 is 11.3. The van der Waals surface area contributed by atoms with Crippen LogP contribution < -0.4 is 14.8 Å². The van der Waals surface area contributed by atoms with Crippen LogP contribution in [0.15, 0.2) is 30.3 Å². The number of ether oxygens (including phenoxy) is 2. The van der Waals surface area contributed by atoms with Crippen LogP contribution in [-0.4, -0.2) is 74.2 Å². The Kier molecular flexibility index (Phi) is 4.96. The Balaban J connectivity index is 1.27. The van der Waals surface area contributed by atoms with E-state index in [4.69, 9.17) is 9.47 Å². The molecule has 6 nitrogen and oxygen atoms in total. The number of hydrogen-bond donors (Lipinski definition) is 1. The zero-order valence-corrected chi connectivity index (χ0v) is 16.7. The fraction of sp³-hybridized carbons (Fsp3) is 0.476. The molecular formula is C21H25N3O3S. The Morgan fingerprint density at radius 3 is 2.71 bits per heavy atom. The Bertz CT molecular complexity index is 862. The average Bonchev–Trinajstić information content (AvgIpc) is 3.44. The van der Waals surface area contributed by atoms with Gasteiger partial charge in [-0.05, 0) is 42.3 Å². The third kappa shape index (κ3) is 3.50. The predicted molar refractivity (Wildman–Crippen MR) is 109 cm³/mol. The number of likely N-dealkylation sites (tertiary alicyclic amines) is 1. The summed E-state index contributed by atoms with van der Waals surface area (Å²) in [7, 11) is 0. The zero-order valence-electron chi connectivity index (χ0n) is 15.9. The number of amides is 1. The lowest BCUT2D eigenvalue weighted by Gasteiger charge is -2.32. The first-order chi connectivity index (χ1) is 13.8. The molecule has 28 heavy (non-hydrogen) atoms. The molecule has 0 saturated carbocycles. The number of piperazine rings is 1. The molecule has 1 N–H and O–H groups in total. The molecule has 148 valence electrons. The van der Waals surface area contributed by atoms with Gasteiger partial charge < -0.3 is 19.7 Å². The topological polar surface area (TPSA) is 54.0 Å². The maximum atomic E-state index is 13.0. The highest BCUT2D eigenvalue weighted by molar-refractivity contribution is 7.17. The first-order valence-electron chi connectivity index (χ1n) is 10.0. The summed E-state index contributed by atoms with van der Waals surface area (Å²) >= 11 is 1.56. The van der Waals surface area contributed by atoms with Gasteiger partial charge in [0.15, 0.2) is 11.5 Å². The highest BCUT2D eigenvalue weighted by Crippen LogP contribution is 2.37. The van der Waals surface area contributed by atoms with E-state index in [0.29, 0.717) is 19.3 Å². The van der Waals surface area contributed by atoms with Crippen molar-refractivity contribution in [2.24, 2.45) is 0 Å². The van der Waals surface area contributed by atoms with E-state index >= 15 is 0 Å². The molecule has 1 aromatic heterocycles. The first-order valence-corrected chi connectivity index (χ1v) is 10.8. The van der Waals surface area contributed by atoms with Crippen LogP contribution in [0.2, 0.25) is 0 Å². The normalized spacial score (nSPS) is 22.4. The molecule has 1 amide bonds. The zero-order chi connectivity index (χ0) is 18.9. The second kappa shape index (κ2) is 7.73. The van der Waals surface area contributed by atoms with Gasteiger partial charge >= 0.3 is 0 Å². The van der Waals surface area contributed by atoms with Crippen molar-refractivity contribution in [1.29, 1.82) is 0 Å². The molecule has 4 heterocycles. The molecule has 3 aliphatic rings. The molecule has 1 unspecified atom stereocenters. The van der Waals surface area contributed by atoms with Crippen LogP contribution in [0.5, 0.6) is 11.5 Å². The molecule has 1 aromatic carbocycles. The third-order valence-corrected chi connectivity index (χ3v) is 6.88. The fourth-order valence-corrected chi connectivity index (χ4v) is 5.20. The lowest BCUT2D eigenvalue weighted by atomic mass is 10.1. The maximum absolute atomic E-state index is 13.0. The van der Waals surface area contributed by atoms with Crippen molar-refractivity contribution in [3.63, 3.8) is 0 Å². The molecule has 0 bridgehead atoms. The van der Waals surface area contributed by atoms with Gasteiger partial charge in [0.2, 0.25) is 0 Å². The number of hydrogen-bond acceptors (Lipinski definition) is 6. The van der Waals surface area contributed by atoms with Crippen LogP contribution in [0.1, 0.15) is 16.1 Å². The van der Waals surface area contributed by atoms with Crippen molar-refractivity contribution in [2.45, 2.75) is 12.5 Å². The van der Waals surface area contributed by atoms with Crippen molar-refractivity contribution in [3.8, 4) is 21.9 Å². The van der Waals surface area contributed by atoms with Crippen LogP contribution in [0.25, 0.3) is 10.4 Å². The lowest BCUT2D eigenvalue weighted by Crippen LogP contribution is -2.49. The van der Waals surface area contributed by atoms with Crippen LogP contribution in [-0.2, 0) is 0 Å². The first kappa shape index (κ1) is 18.0. The minimum absolute atomic E-state index is 0.159. The van der Waals surface area contributed by atoms with E-state index in [1.54, 1.807) is 11.3 Å². The summed E-state index contributed by atoms with van der Waals surface area (Å²) in [5, 5.41) is 3.40. The number of fused-ring (bicyclic) bond motifs is 1. The van der Waals surface area contributed by atoms with E-state index < -0.39 is 0 Å². The van der Waals surface area contributed by atoms with Crippen LogP contribution in [0, 0.1) is 0 Å². The molecule has 5 rings (SSSR count). The van der Waals surface area contributed by atoms with Gasteiger partial charge in [-0.25, -0.2) is 0 Å². The maximum Gasteiger partial charge on any atom is 0.263 e. The minimum Gasteiger partial charge on any atom is -0.486 e. The van der Waals surface area contributed by atoms with Gasteiger partial charge in [0.1, 0.15) is 13.2 Å². The number of nitrogens with zero attached hydrogens (tertiary/aromatic N) is 2. The molecule has 1 atom stereocenters. The van der Waals surface area contributed by atoms with Gasteiger partial charge in [-0.1, -0.05) is 0 Å². The predicted octanol–water partition coefficient (Wildman–Crippen LogP) is 2.31. The highest BCUT2D eigenvalue weighted by atomic mass is 32.1. The van der Waals surface area contributed by atoms with E-state index in [0.717, 1.165) is 72.5 Å². The Labute approximate surface area is 169 Å². The monoisotopic (exact) mass is 399 g/mol. The van der Waals surface area contributed by atoms with Crippen molar-refractivity contribution in [1.82, 2.24) is 15.1 Å². The standard InChI is InChI=1S/C21H25N3O3S/c25-21(24-8-5-16(14-24)23-9-6-22-7-10-23)20-4-3-19(28-20)15-1-2-17-18(13-15)27-12-11-26-17/h1-4,13,16,22H,5-12,14H2. The summed E-state index contributed by atoms with van der Waals surface area (Å²) in [6, 6.07) is 10.5. The van der Waals surface area contributed by atoms with Gasteiger partial charge in [0.25, 0.3) is 5.91 Å². The van der Waals surface area contributed by atoms with Gasteiger partial charge in [-0.15, -0.1) is 11.3 Å². The molecule has 3 aliphatic heterocycles. The summed E-state index contributed by atoms with van der Waals surface area (Å²) in [6.07, 6.45) is 1.08. The van der Waals surface area contributed by atoms with E-state index in [2.05, 4.69) is 10.2 Å². The largest absolute Gasteiger partial charge is 0.486 e. The van der Waals surface area contributed by atoms with Crippen molar-refractivity contribution >= 4 is 17.2 Å². The number of carbonyl (C=O) groups is 1. The van der Waals surface area contributed by atoms with E-state index in [1.807, 2.05) is 35.2 Å². The van der Waals surface area contributed by atoms with Crippen molar-refractivity contribution in [2.75, 3.05) is 52.5 Å². The average molecular weight is 400 g/mol. The van der Waals surface area contributed by atoms with Crippen molar-refractivity contribution < 1.29 is 14.3 Å². The molecule has 0 aliphatic carbocycles. The molecule has 2 fully saturated rings. The van der Waals surface area contributed by atoms with Crippen LogP contribution in [0.4, 0.5) is 0 Å². The highest BCUT2D eigenvalue weighted by Gasteiger charge is 2.31. The van der Waals surface area contributed by atoms with Gasteiger partial charge in [0.05, 0.1) is 4.88 Å². The third-order valence-electron chi connectivity index (χ3n) is 5.76. The van der Waals surface area contributed by atoms with E-state index in [-0.39, 0.29) is 5.91 Å². The summed E-state index contributed by atoms with van der Waals surface area (Å²) in [4.78, 5) is 19.5. The van der Waals surface area contributed by atoms with E-state index in [9.17, 15) is 4.79 Å². The summed E-state index contributed by atoms with van der Waals surface area (Å²) in [5.41, 5.74) is 1.06. The smallest absolute Gasteiger partial charge is 0.263 e. The van der Waals surface area contributed by atoms with E-state index in [1.165, 1.54) is 0 Å². The minimum atomic E-state index is 0.159. The number of nitrogens with one attached hydrogen (secondary N) is 1.